The smallest absolute Gasteiger partial charge is 0.108 e. The van der Waals surface area contributed by atoms with Gasteiger partial charge in [-0.3, -0.25) is 5.32 Å². The zero-order valence-electron chi connectivity index (χ0n) is 13.5. The Labute approximate surface area is 124 Å². The lowest BCUT2D eigenvalue weighted by atomic mass is 9.78. The van der Waals surface area contributed by atoms with Crippen molar-refractivity contribution in [1.82, 2.24) is 10.2 Å². The summed E-state index contributed by atoms with van der Waals surface area (Å²) in [6.07, 6.45) is 9.91. The van der Waals surface area contributed by atoms with Gasteiger partial charge in [0.1, 0.15) is 5.54 Å². The maximum atomic E-state index is 9.59. The van der Waals surface area contributed by atoms with Crippen molar-refractivity contribution < 1.29 is 0 Å². The van der Waals surface area contributed by atoms with E-state index in [1.54, 1.807) is 0 Å². The van der Waals surface area contributed by atoms with Gasteiger partial charge >= 0.3 is 0 Å². The van der Waals surface area contributed by atoms with Crippen LogP contribution in [-0.2, 0) is 0 Å². The van der Waals surface area contributed by atoms with Crippen LogP contribution in [0.25, 0.3) is 0 Å². The molecule has 4 unspecified atom stereocenters. The summed E-state index contributed by atoms with van der Waals surface area (Å²) in [5.41, 5.74) is -0.272. The quantitative estimate of drug-likeness (QED) is 0.857. The van der Waals surface area contributed by atoms with Crippen LogP contribution in [0, 0.1) is 17.2 Å². The molecule has 3 nitrogen and oxygen atoms in total. The molecular formula is C17H31N3. The van der Waals surface area contributed by atoms with E-state index >= 15 is 0 Å². The van der Waals surface area contributed by atoms with Crippen LogP contribution in [-0.4, -0.2) is 36.1 Å². The molecule has 0 aromatic rings. The van der Waals surface area contributed by atoms with Crippen molar-refractivity contribution >= 4 is 0 Å². The van der Waals surface area contributed by atoms with E-state index in [1.807, 2.05) is 0 Å². The Balaban J connectivity index is 1.99. The Hall–Kier alpha value is -0.590. The van der Waals surface area contributed by atoms with Gasteiger partial charge in [0.15, 0.2) is 0 Å². The zero-order chi connectivity index (χ0) is 14.6. The lowest BCUT2D eigenvalue weighted by Gasteiger charge is -2.44. The van der Waals surface area contributed by atoms with Gasteiger partial charge in [0, 0.05) is 12.1 Å². The Morgan fingerprint density at radius 3 is 2.65 bits per heavy atom. The first kappa shape index (κ1) is 15.8. The first-order valence-corrected chi connectivity index (χ1v) is 8.48. The summed E-state index contributed by atoms with van der Waals surface area (Å²) in [4.78, 5) is 2.61. The minimum absolute atomic E-state index is 0.272. The van der Waals surface area contributed by atoms with Crippen molar-refractivity contribution in [1.29, 1.82) is 5.26 Å². The first-order valence-electron chi connectivity index (χ1n) is 8.48. The van der Waals surface area contributed by atoms with Crippen LogP contribution < -0.4 is 5.32 Å². The largest absolute Gasteiger partial charge is 0.300 e. The molecule has 3 heteroatoms. The van der Waals surface area contributed by atoms with Crippen LogP contribution in [0.5, 0.6) is 0 Å². The van der Waals surface area contributed by atoms with Crippen molar-refractivity contribution in [3.63, 3.8) is 0 Å². The predicted molar refractivity (Wildman–Crippen MR) is 83.5 cm³/mol. The number of rotatable bonds is 4. The molecular weight excluding hydrogens is 246 g/mol. The van der Waals surface area contributed by atoms with Gasteiger partial charge < -0.3 is 4.90 Å². The van der Waals surface area contributed by atoms with Gasteiger partial charge in [0.25, 0.3) is 0 Å². The van der Waals surface area contributed by atoms with E-state index in [-0.39, 0.29) is 5.54 Å². The van der Waals surface area contributed by atoms with E-state index in [9.17, 15) is 5.26 Å². The summed E-state index contributed by atoms with van der Waals surface area (Å²) in [6, 6.07) is 3.89. The number of nitriles is 1. The van der Waals surface area contributed by atoms with Crippen LogP contribution in [0.15, 0.2) is 0 Å². The highest BCUT2D eigenvalue weighted by atomic mass is 15.2. The third-order valence-electron chi connectivity index (χ3n) is 5.51. The number of hydrogen-bond donors (Lipinski definition) is 1. The third-order valence-corrected chi connectivity index (χ3v) is 5.51. The second kappa shape index (κ2) is 6.91. The summed E-state index contributed by atoms with van der Waals surface area (Å²) in [5, 5.41) is 13.1. The summed E-state index contributed by atoms with van der Waals surface area (Å²) in [5.74, 6) is 0.870. The fourth-order valence-corrected chi connectivity index (χ4v) is 4.30. The maximum absolute atomic E-state index is 9.59. The van der Waals surface area contributed by atoms with E-state index in [2.05, 4.69) is 37.2 Å². The van der Waals surface area contributed by atoms with Gasteiger partial charge in [0.2, 0.25) is 0 Å². The van der Waals surface area contributed by atoms with Gasteiger partial charge in [-0.15, -0.1) is 0 Å². The van der Waals surface area contributed by atoms with Gasteiger partial charge in [0.05, 0.1) is 6.07 Å². The average Bonchev–Trinajstić information content (AvgIpc) is 2.47. The van der Waals surface area contributed by atoms with Gasteiger partial charge in [-0.05, 0) is 58.0 Å². The highest BCUT2D eigenvalue weighted by Crippen LogP contribution is 2.34. The van der Waals surface area contributed by atoms with Crippen molar-refractivity contribution in [3.8, 4) is 6.07 Å². The summed E-state index contributed by atoms with van der Waals surface area (Å²) in [7, 11) is 2.30. The highest BCUT2D eigenvalue weighted by molar-refractivity contribution is 5.11. The second-order valence-electron chi connectivity index (χ2n) is 7.07. The Kier molecular flexibility index (Phi) is 5.46. The average molecular weight is 277 g/mol. The number of nitrogens with zero attached hydrogens (tertiary/aromatic N) is 2. The molecule has 0 saturated heterocycles. The molecule has 0 aromatic heterocycles. The van der Waals surface area contributed by atoms with Crippen molar-refractivity contribution in [2.75, 3.05) is 13.6 Å². The Morgan fingerprint density at radius 1 is 1.25 bits per heavy atom. The molecule has 2 aliphatic rings. The maximum Gasteiger partial charge on any atom is 0.108 e. The minimum Gasteiger partial charge on any atom is -0.300 e. The van der Waals surface area contributed by atoms with Crippen molar-refractivity contribution in [2.45, 2.75) is 82.8 Å². The summed E-state index contributed by atoms with van der Waals surface area (Å²) < 4.78 is 0. The SMILES string of the molecule is CCNC1(C#N)CCCC(N(C)C2CCCC(C)C2)C1. The van der Waals surface area contributed by atoms with Gasteiger partial charge in [-0.25, -0.2) is 0 Å². The fourth-order valence-electron chi connectivity index (χ4n) is 4.30. The molecule has 0 aromatic carbocycles. The van der Waals surface area contributed by atoms with Crippen molar-refractivity contribution in [3.05, 3.63) is 0 Å². The predicted octanol–water partition coefficient (Wildman–Crippen LogP) is 3.31. The molecule has 0 bridgehead atoms. The zero-order valence-corrected chi connectivity index (χ0v) is 13.5. The first-order chi connectivity index (χ1) is 9.60. The Morgan fingerprint density at radius 2 is 2.00 bits per heavy atom. The van der Waals surface area contributed by atoms with Gasteiger partial charge in [-0.1, -0.05) is 26.7 Å². The van der Waals surface area contributed by atoms with E-state index in [0.29, 0.717) is 6.04 Å². The van der Waals surface area contributed by atoms with E-state index in [1.165, 1.54) is 38.5 Å². The third kappa shape index (κ3) is 3.54. The van der Waals surface area contributed by atoms with Crippen LogP contribution in [0.3, 0.4) is 0 Å². The number of hydrogen-bond acceptors (Lipinski definition) is 3. The molecule has 0 spiro atoms. The van der Waals surface area contributed by atoms with Crippen LogP contribution in [0.4, 0.5) is 0 Å². The highest BCUT2D eigenvalue weighted by Gasteiger charge is 2.39. The molecule has 0 heterocycles. The van der Waals surface area contributed by atoms with Crippen molar-refractivity contribution in [2.24, 2.45) is 5.92 Å². The molecule has 2 fully saturated rings. The standard InChI is InChI=1S/C17H31N3/c1-4-19-17(13-18)10-6-9-16(12-17)20(3)15-8-5-7-14(2)11-15/h14-16,19H,4-12H2,1-3H3. The molecule has 2 aliphatic carbocycles. The topological polar surface area (TPSA) is 39.1 Å². The molecule has 1 N–H and O–H groups in total. The molecule has 20 heavy (non-hydrogen) atoms. The minimum atomic E-state index is -0.272. The normalized spacial score (nSPS) is 38.6. The van der Waals surface area contributed by atoms with E-state index in [4.69, 9.17) is 0 Å². The number of nitrogens with one attached hydrogen (secondary N) is 1. The van der Waals surface area contributed by atoms with Crippen LogP contribution in [0.1, 0.15) is 65.2 Å². The molecule has 0 amide bonds. The lowest BCUT2D eigenvalue weighted by molar-refractivity contribution is 0.0758. The molecule has 0 aliphatic heterocycles. The molecule has 4 atom stereocenters. The molecule has 114 valence electrons. The van der Waals surface area contributed by atoms with Crippen LogP contribution >= 0.6 is 0 Å². The van der Waals surface area contributed by atoms with Gasteiger partial charge in [-0.2, -0.15) is 5.26 Å². The van der Waals surface area contributed by atoms with E-state index < -0.39 is 0 Å². The molecule has 2 saturated carbocycles. The summed E-state index contributed by atoms with van der Waals surface area (Å²) >= 11 is 0. The Bertz CT molecular complexity index is 345. The molecule has 0 radical (unpaired) electrons. The lowest BCUT2D eigenvalue weighted by Crippen LogP contribution is -2.54. The summed E-state index contributed by atoms with van der Waals surface area (Å²) in [6.45, 7) is 5.39. The fraction of sp³-hybridized carbons (Fsp3) is 0.941. The second-order valence-corrected chi connectivity index (χ2v) is 7.07. The van der Waals surface area contributed by atoms with E-state index in [0.717, 1.165) is 31.3 Å². The molecule has 2 rings (SSSR count). The monoisotopic (exact) mass is 277 g/mol. The van der Waals surface area contributed by atoms with Crippen LogP contribution in [0.2, 0.25) is 0 Å².